The fourth-order valence-electron chi connectivity index (χ4n) is 4.81. The zero-order chi connectivity index (χ0) is 23.5. The smallest absolute Gasteiger partial charge is 0.407 e. The SMILES string of the molecule is CCC(C)C(NC(=O)OCC1c2ccccc2-c2ccccc21)C(=O)N1CCC(C(=O)O)C1. The van der Waals surface area contributed by atoms with E-state index < -0.39 is 24.0 Å². The molecule has 1 aliphatic heterocycles. The molecule has 3 unspecified atom stereocenters. The van der Waals surface area contributed by atoms with Crippen LogP contribution in [0.4, 0.5) is 4.79 Å². The van der Waals surface area contributed by atoms with Gasteiger partial charge in [0.1, 0.15) is 12.6 Å². The first-order valence-corrected chi connectivity index (χ1v) is 11.5. The molecule has 0 bridgehead atoms. The molecule has 7 nitrogen and oxygen atoms in total. The Labute approximate surface area is 193 Å². The third-order valence-corrected chi connectivity index (χ3v) is 6.95. The average molecular weight is 451 g/mol. The van der Waals surface area contributed by atoms with Crippen molar-refractivity contribution in [3.8, 4) is 11.1 Å². The molecule has 7 heteroatoms. The lowest BCUT2D eigenvalue weighted by molar-refractivity contribution is -0.141. The van der Waals surface area contributed by atoms with Crippen molar-refractivity contribution in [2.75, 3.05) is 19.7 Å². The summed E-state index contributed by atoms with van der Waals surface area (Å²) < 4.78 is 5.62. The summed E-state index contributed by atoms with van der Waals surface area (Å²) in [5, 5.41) is 12.0. The highest BCUT2D eigenvalue weighted by atomic mass is 16.5. The second-order valence-corrected chi connectivity index (χ2v) is 8.94. The van der Waals surface area contributed by atoms with Crippen molar-refractivity contribution in [1.29, 1.82) is 0 Å². The summed E-state index contributed by atoms with van der Waals surface area (Å²) in [5.41, 5.74) is 4.55. The number of aliphatic carboxylic acids is 1. The molecule has 0 spiro atoms. The van der Waals surface area contributed by atoms with Crippen molar-refractivity contribution in [2.45, 2.75) is 38.6 Å². The number of hydrogen-bond donors (Lipinski definition) is 2. The van der Waals surface area contributed by atoms with Crippen LogP contribution in [0.25, 0.3) is 11.1 Å². The van der Waals surface area contributed by atoms with Crippen molar-refractivity contribution >= 4 is 18.0 Å². The number of benzene rings is 2. The molecule has 1 aliphatic carbocycles. The van der Waals surface area contributed by atoms with Crippen LogP contribution in [0.3, 0.4) is 0 Å². The summed E-state index contributed by atoms with van der Waals surface area (Å²) in [6, 6.07) is 15.5. The zero-order valence-electron chi connectivity index (χ0n) is 19.0. The van der Waals surface area contributed by atoms with Crippen LogP contribution < -0.4 is 5.32 Å². The van der Waals surface area contributed by atoms with E-state index in [0.29, 0.717) is 19.4 Å². The highest BCUT2D eigenvalue weighted by Gasteiger charge is 2.37. The number of carbonyl (C=O) groups is 3. The first-order chi connectivity index (χ1) is 15.9. The highest BCUT2D eigenvalue weighted by molar-refractivity contribution is 5.87. The number of nitrogens with one attached hydrogen (secondary N) is 1. The Bertz CT molecular complexity index is 1010. The maximum Gasteiger partial charge on any atom is 0.407 e. The van der Waals surface area contributed by atoms with Crippen molar-refractivity contribution in [1.82, 2.24) is 10.2 Å². The summed E-state index contributed by atoms with van der Waals surface area (Å²) in [7, 11) is 0. The van der Waals surface area contributed by atoms with Crippen molar-refractivity contribution in [3.05, 3.63) is 59.7 Å². The lowest BCUT2D eigenvalue weighted by atomic mass is 9.97. The minimum Gasteiger partial charge on any atom is -0.481 e. The maximum absolute atomic E-state index is 13.1. The second-order valence-electron chi connectivity index (χ2n) is 8.94. The Morgan fingerprint density at radius 2 is 1.70 bits per heavy atom. The lowest BCUT2D eigenvalue weighted by Crippen LogP contribution is -2.51. The lowest BCUT2D eigenvalue weighted by Gasteiger charge is -2.28. The summed E-state index contributed by atoms with van der Waals surface area (Å²) >= 11 is 0. The number of fused-ring (bicyclic) bond motifs is 3. The van der Waals surface area contributed by atoms with Gasteiger partial charge in [-0.05, 0) is 34.6 Å². The van der Waals surface area contributed by atoms with E-state index in [4.69, 9.17) is 4.74 Å². The molecule has 3 atom stereocenters. The molecule has 0 aromatic heterocycles. The van der Waals surface area contributed by atoms with Crippen LogP contribution in [0, 0.1) is 11.8 Å². The topological polar surface area (TPSA) is 95.9 Å². The Morgan fingerprint density at radius 3 is 2.24 bits per heavy atom. The van der Waals surface area contributed by atoms with Gasteiger partial charge in [0, 0.05) is 19.0 Å². The van der Waals surface area contributed by atoms with E-state index in [0.717, 1.165) is 22.3 Å². The number of carbonyl (C=O) groups excluding carboxylic acids is 2. The molecule has 2 amide bonds. The Kier molecular flexibility index (Phi) is 6.67. The number of ether oxygens (including phenoxy) is 1. The first-order valence-electron chi connectivity index (χ1n) is 11.5. The summed E-state index contributed by atoms with van der Waals surface area (Å²) in [6.45, 7) is 4.58. The summed E-state index contributed by atoms with van der Waals surface area (Å²) in [6.07, 6.45) is 0.486. The van der Waals surface area contributed by atoms with E-state index in [1.54, 1.807) is 4.90 Å². The van der Waals surface area contributed by atoms with Crippen molar-refractivity contribution in [3.63, 3.8) is 0 Å². The fourth-order valence-corrected chi connectivity index (χ4v) is 4.81. The molecule has 2 aromatic carbocycles. The zero-order valence-corrected chi connectivity index (χ0v) is 19.0. The number of alkyl carbamates (subject to hydrolysis) is 1. The van der Waals surface area contributed by atoms with E-state index in [2.05, 4.69) is 29.6 Å². The quantitative estimate of drug-likeness (QED) is 0.668. The molecule has 0 saturated carbocycles. The molecule has 2 N–H and O–H groups in total. The van der Waals surface area contributed by atoms with Crippen LogP contribution >= 0.6 is 0 Å². The van der Waals surface area contributed by atoms with Gasteiger partial charge in [-0.2, -0.15) is 0 Å². The van der Waals surface area contributed by atoms with Gasteiger partial charge in [-0.3, -0.25) is 9.59 Å². The largest absolute Gasteiger partial charge is 0.481 e. The summed E-state index contributed by atoms with van der Waals surface area (Å²) in [5.74, 6) is -1.87. The van der Waals surface area contributed by atoms with E-state index in [-0.39, 0.29) is 30.9 Å². The normalized spacial score (nSPS) is 18.8. The molecule has 1 saturated heterocycles. The van der Waals surface area contributed by atoms with Gasteiger partial charge in [0.25, 0.3) is 0 Å². The number of amides is 2. The number of likely N-dealkylation sites (tertiary alicyclic amines) is 1. The molecular formula is C26H30N2O5. The number of carboxylic acid groups (broad SMARTS) is 1. The van der Waals surface area contributed by atoms with Gasteiger partial charge in [-0.15, -0.1) is 0 Å². The standard InChI is InChI=1S/C26H30N2O5/c1-3-16(2)23(24(29)28-13-12-17(14-28)25(30)31)27-26(32)33-15-22-20-10-6-4-8-18(20)19-9-5-7-11-21(19)22/h4-11,16-17,22-23H,3,12-15H2,1-2H3,(H,27,32)(H,30,31). The molecular weight excluding hydrogens is 420 g/mol. The third-order valence-electron chi connectivity index (χ3n) is 6.95. The number of carboxylic acids is 1. The van der Waals surface area contributed by atoms with Gasteiger partial charge in [-0.25, -0.2) is 4.79 Å². The van der Waals surface area contributed by atoms with Gasteiger partial charge in [0.05, 0.1) is 5.92 Å². The van der Waals surface area contributed by atoms with Crippen molar-refractivity contribution in [2.24, 2.45) is 11.8 Å². The minimum atomic E-state index is -0.894. The molecule has 0 radical (unpaired) electrons. The van der Waals surface area contributed by atoms with Gasteiger partial charge in [0.15, 0.2) is 0 Å². The maximum atomic E-state index is 13.1. The van der Waals surface area contributed by atoms with Crippen LogP contribution in [0.2, 0.25) is 0 Å². The predicted molar refractivity (Wildman–Crippen MR) is 124 cm³/mol. The Morgan fingerprint density at radius 1 is 1.09 bits per heavy atom. The molecule has 1 fully saturated rings. The van der Waals surface area contributed by atoms with E-state index in [1.807, 2.05) is 38.1 Å². The average Bonchev–Trinajstić information content (AvgIpc) is 3.44. The molecule has 1 heterocycles. The molecule has 4 rings (SSSR count). The number of nitrogens with zero attached hydrogens (tertiary/aromatic N) is 1. The predicted octanol–water partition coefficient (Wildman–Crippen LogP) is 3.87. The summed E-state index contributed by atoms with van der Waals surface area (Å²) in [4.78, 5) is 38.7. The third kappa shape index (κ3) is 4.58. The molecule has 174 valence electrons. The van der Waals surface area contributed by atoms with Crippen LogP contribution in [0.1, 0.15) is 43.7 Å². The van der Waals surface area contributed by atoms with Gasteiger partial charge >= 0.3 is 12.1 Å². The molecule has 2 aromatic rings. The Hall–Kier alpha value is -3.35. The fraction of sp³-hybridized carbons (Fsp3) is 0.423. The van der Waals surface area contributed by atoms with Gasteiger partial charge < -0.3 is 20.1 Å². The number of rotatable bonds is 7. The van der Waals surface area contributed by atoms with Gasteiger partial charge in [0.2, 0.25) is 5.91 Å². The van der Waals surface area contributed by atoms with Crippen molar-refractivity contribution < 1.29 is 24.2 Å². The van der Waals surface area contributed by atoms with E-state index in [1.165, 1.54) is 0 Å². The molecule has 2 aliphatic rings. The first kappa shape index (κ1) is 22.8. The van der Waals surface area contributed by atoms with Crippen LogP contribution in [-0.2, 0) is 14.3 Å². The second kappa shape index (κ2) is 9.65. The van der Waals surface area contributed by atoms with Crippen LogP contribution in [-0.4, -0.2) is 53.7 Å². The molecule has 33 heavy (non-hydrogen) atoms. The van der Waals surface area contributed by atoms with Crippen LogP contribution in [0.15, 0.2) is 48.5 Å². The minimum absolute atomic E-state index is 0.0594. The monoisotopic (exact) mass is 450 g/mol. The highest BCUT2D eigenvalue weighted by Crippen LogP contribution is 2.44. The Balaban J connectivity index is 1.42. The van der Waals surface area contributed by atoms with E-state index in [9.17, 15) is 19.5 Å². The number of hydrogen-bond acceptors (Lipinski definition) is 4. The van der Waals surface area contributed by atoms with Crippen LogP contribution in [0.5, 0.6) is 0 Å². The van der Waals surface area contributed by atoms with E-state index >= 15 is 0 Å². The van der Waals surface area contributed by atoms with Gasteiger partial charge in [-0.1, -0.05) is 68.8 Å².